The molecular formula is C15H12F2N2O3. The van der Waals surface area contributed by atoms with Gasteiger partial charge in [-0.1, -0.05) is 12.1 Å². The first-order valence-electron chi connectivity index (χ1n) is 6.45. The van der Waals surface area contributed by atoms with E-state index in [1.54, 1.807) is 44.4 Å². The van der Waals surface area contributed by atoms with E-state index < -0.39 is 6.29 Å². The van der Waals surface area contributed by atoms with Crippen molar-refractivity contribution in [2.75, 3.05) is 14.1 Å². The fourth-order valence-electron chi connectivity index (χ4n) is 2.10. The number of hydrogen-bond donors (Lipinski definition) is 0. The largest absolute Gasteiger partial charge is 0.586 e. The summed E-state index contributed by atoms with van der Waals surface area (Å²) in [6, 6.07) is 9.32. The molecule has 0 saturated carbocycles. The first kappa shape index (κ1) is 14.2. The maximum atomic E-state index is 13.2. The highest BCUT2D eigenvalue weighted by Crippen LogP contribution is 2.46. The Labute approximate surface area is 125 Å². The molecule has 3 rings (SSSR count). The molecule has 22 heavy (non-hydrogen) atoms. The Bertz CT molecular complexity index is 747. The predicted octanol–water partition coefficient (Wildman–Crippen LogP) is 2.77. The molecule has 1 aliphatic heterocycles. The van der Waals surface area contributed by atoms with Crippen LogP contribution in [0.3, 0.4) is 0 Å². The maximum Gasteiger partial charge on any atom is 0.586 e. The first-order chi connectivity index (χ1) is 10.4. The van der Waals surface area contributed by atoms with Gasteiger partial charge < -0.3 is 14.4 Å². The Hall–Kier alpha value is -2.70. The summed E-state index contributed by atoms with van der Waals surface area (Å²) in [6.07, 6.45) is -3.70. The molecule has 0 spiro atoms. The topological polar surface area (TPSA) is 51.7 Å². The highest BCUT2D eigenvalue weighted by atomic mass is 19.3. The first-order valence-corrected chi connectivity index (χ1v) is 6.45. The second-order valence-electron chi connectivity index (χ2n) is 4.91. The molecule has 0 atom stereocenters. The van der Waals surface area contributed by atoms with E-state index in [1.165, 1.54) is 11.0 Å². The van der Waals surface area contributed by atoms with Gasteiger partial charge in [-0.25, -0.2) is 4.98 Å². The Morgan fingerprint density at radius 3 is 2.59 bits per heavy atom. The van der Waals surface area contributed by atoms with Crippen molar-refractivity contribution in [3.63, 3.8) is 0 Å². The van der Waals surface area contributed by atoms with Crippen LogP contribution in [-0.4, -0.2) is 36.2 Å². The summed E-state index contributed by atoms with van der Waals surface area (Å²) in [7, 11) is 3.21. The van der Waals surface area contributed by atoms with E-state index in [0.29, 0.717) is 11.3 Å². The van der Waals surface area contributed by atoms with Crippen LogP contribution < -0.4 is 9.47 Å². The van der Waals surface area contributed by atoms with Gasteiger partial charge in [0.15, 0.2) is 11.5 Å². The van der Waals surface area contributed by atoms with Crippen molar-refractivity contribution < 1.29 is 23.0 Å². The molecule has 0 bridgehead atoms. The van der Waals surface area contributed by atoms with Gasteiger partial charge in [0, 0.05) is 19.7 Å². The van der Waals surface area contributed by atoms with Crippen LogP contribution in [0.15, 0.2) is 36.4 Å². The van der Waals surface area contributed by atoms with E-state index in [9.17, 15) is 13.6 Å². The van der Waals surface area contributed by atoms with E-state index in [-0.39, 0.29) is 23.1 Å². The predicted molar refractivity (Wildman–Crippen MR) is 73.9 cm³/mol. The van der Waals surface area contributed by atoms with E-state index >= 15 is 0 Å². The molecule has 0 aliphatic carbocycles. The number of benzene rings is 1. The van der Waals surface area contributed by atoms with Crippen LogP contribution in [-0.2, 0) is 0 Å². The number of para-hydroxylation sites is 1. The van der Waals surface area contributed by atoms with Gasteiger partial charge in [-0.2, -0.15) is 0 Å². The van der Waals surface area contributed by atoms with E-state index in [1.807, 2.05) is 0 Å². The molecular weight excluding hydrogens is 294 g/mol. The molecule has 1 aliphatic rings. The highest BCUT2D eigenvalue weighted by molar-refractivity contribution is 5.92. The number of amides is 1. The van der Waals surface area contributed by atoms with Crippen molar-refractivity contribution >= 4 is 5.91 Å². The van der Waals surface area contributed by atoms with E-state index in [0.717, 1.165) is 0 Å². The second kappa shape index (κ2) is 4.94. The summed E-state index contributed by atoms with van der Waals surface area (Å²) >= 11 is 0. The molecule has 5 nitrogen and oxygen atoms in total. The Morgan fingerprint density at radius 1 is 1.14 bits per heavy atom. The van der Waals surface area contributed by atoms with Crippen LogP contribution in [0.4, 0.5) is 8.78 Å². The summed E-state index contributed by atoms with van der Waals surface area (Å²) in [5.41, 5.74) is 0.903. The molecule has 7 heteroatoms. The number of ether oxygens (including phenoxy) is 2. The monoisotopic (exact) mass is 306 g/mol. The number of fused-ring (bicyclic) bond motifs is 1. The molecule has 0 unspecified atom stereocenters. The molecule has 114 valence electrons. The molecule has 2 heterocycles. The number of carbonyl (C=O) groups is 1. The van der Waals surface area contributed by atoms with Crippen LogP contribution in [0.5, 0.6) is 11.5 Å². The Balaban J connectivity index is 2.06. The van der Waals surface area contributed by atoms with E-state index in [2.05, 4.69) is 14.5 Å². The number of alkyl halides is 2. The maximum absolute atomic E-state index is 13.2. The molecule has 0 radical (unpaired) electrons. The minimum Gasteiger partial charge on any atom is -0.395 e. The standard InChI is InChI=1S/C15H12F2N2O3/c1-19(2)14(20)11-7-4-6-10(18-11)9-5-3-8-12-13(9)22-15(16,17)21-12/h3-8H,1-2H3. The lowest BCUT2D eigenvalue weighted by atomic mass is 10.1. The number of carbonyl (C=O) groups excluding carboxylic acids is 1. The van der Waals surface area contributed by atoms with Crippen molar-refractivity contribution in [3.05, 3.63) is 42.1 Å². The highest BCUT2D eigenvalue weighted by Gasteiger charge is 2.44. The third-order valence-corrected chi connectivity index (χ3v) is 3.08. The van der Waals surface area contributed by atoms with Crippen LogP contribution in [0.25, 0.3) is 11.3 Å². The van der Waals surface area contributed by atoms with Crippen molar-refractivity contribution in [1.82, 2.24) is 9.88 Å². The number of halogens is 2. The van der Waals surface area contributed by atoms with Gasteiger partial charge >= 0.3 is 6.29 Å². The molecule has 1 aromatic carbocycles. The van der Waals surface area contributed by atoms with Crippen molar-refractivity contribution in [2.45, 2.75) is 6.29 Å². The normalized spacial score (nSPS) is 14.7. The summed E-state index contributed by atoms with van der Waals surface area (Å²) in [6.45, 7) is 0. The smallest absolute Gasteiger partial charge is 0.395 e. The van der Waals surface area contributed by atoms with Crippen LogP contribution >= 0.6 is 0 Å². The third kappa shape index (κ3) is 2.45. The van der Waals surface area contributed by atoms with Gasteiger partial charge in [-0.3, -0.25) is 4.79 Å². The summed E-state index contributed by atoms with van der Waals surface area (Å²) in [5, 5.41) is 0. The average Bonchev–Trinajstić information content (AvgIpc) is 2.80. The van der Waals surface area contributed by atoms with Crippen LogP contribution in [0.1, 0.15) is 10.5 Å². The SMILES string of the molecule is CN(C)C(=O)c1cccc(-c2cccc3c2OC(F)(F)O3)n1. The lowest BCUT2D eigenvalue weighted by Crippen LogP contribution is -2.26. The van der Waals surface area contributed by atoms with Gasteiger partial charge in [0.1, 0.15) is 5.69 Å². The zero-order valence-electron chi connectivity index (χ0n) is 11.8. The molecule has 0 saturated heterocycles. The van der Waals surface area contributed by atoms with Crippen molar-refractivity contribution in [1.29, 1.82) is 0 Å². The number of pyridine rings is 1. The van der Waals surface area contributed by atoms with Crippen LogP contribution in [0, 0.1) is 0 Å². The summed E-state index contributed by atoms with van der Waals surface area (Å²) in [5.74, 6) is -0.431. The lowest BCUT2D eigenvalue weighted by molar-refractivity contribution is -0.286. The van der Waals surface area contributed by atoms with Gasteiger partial charge in [0.25, 0.3) is 5.91 Å². The number of nitrogens with zero attached hydrogens (tertiary/aromatic N) is 2. The number of rotatable bonds is 2. The molecule has 0 fully saturated rings. The molecule has 1 amide bonds. The lowest BCUT2D eigenvalue weighted by Gasteiger charge is -2.11. The Morgan fingerprint density at radius 2 is 1.86 bits per heavy atom. The van der Waals surface area contributed by atoms with Gasteiger partial charge in [0.05, 0.1) is 5.69 Å². The van der Waals surface area contributed by atoms with Crippen molar-refractivity contribution in [2.24, 2.45) is 0 Å². The zero-order valence-corrected chi connectivity index (χ0v) is 11.8. The van der Waals surface area contributed by atoms with Gasteiger partial charge in [-0.15, -0.1) is 8.78 Å². The molecule has 0 N–H and O–H groups in total. The Kier molecular flexibility index (Phi) is 3.20. The molecule has 1 aromatic heterocycles. The fraction of sp³-hybridized carbons (Fsp3) is 0.200. The zero-order chi connectivity index (χ0) is 15.9. The minimum atomic E-state index is -3.70. The number of hydrogen-bond acceptors (Lipinski definition) is 4. The summed E-state index contributed by atoms with van der Waals surface area (Å²) in [4.78, 5) is 17.6. The third-order valence-electron chi connectivity index (χ3n) is 3.08. The fourth-order valence-corrected chi connectivity index (χ4v) is 2.10. The van der Waals surface area contributed by atoms with E-state index in [4.69, 9.17) is 0 Å². The van der Waals surface area contributed by atoms with Crippen molar-refractivity contribution in [3.8, 4) is 22.8 Å². The average molecular weight is 306 g/mol. The summed E-state index contributed by atoms with van der Waals surface area (Å²) < 4.78 is 35.4. The van der Waals surface area contributed by atoms with Gasteiger partial charge in [-0.05, 0) is 24.3 Å². The minimum absolute atomic E-state index is 0.0614. The number of aromatic nitrogens is 1. The molecule has 2 aromatic rings. The van der Waals surface area contributed by atoms with Crippen LogP contribution in [0.2, 0.25) is 0 Å². The quantitative estimate of drug-likeness (QED) is 0.856. The second-order valence-corrected chi connectivity index (χ2v) is 4.91. The van der Waals surface area contributed by atoms with Gasteiger partial charge in [0.2, 0.25) is 0 Å².